The average Bonchev–Trinajstić information content (AvgIpc) is 3.38. The molecule has 4 rings (SSSR count). The van der Waals surface area contributed by atoms with Gasteiger partial charge in [-0.1, -0.05) is 30.3 Å². The molecule has 6 heteroatoms. The van der Waals surface area contributed by atoms with E-state index in [2.05, 4.69) is 10.1 Å². The summed E-state index contributed by atoms with van der Waals surface area (Å²) in [7, 11) is 1.89. The van der Waals surface area contributed by atoms with Crippen molar-refractivity contribution in [3.05, 3.63) is 78.8 Å². The molecule has 1 unspecified atom stereocenters. The molecule has 0 amide bonds. The van der Waals surface area contributed by atoms with Crippen molar-refractivity contribution in [2.24, 2.45) is 12.8 Å². The molecule has 0 aliphatic heterocycles. The van der Waals surface area contributed by atoms with Crippen LogP contribution in [0.1, 0.15) is 11.7 Å². The standard InChI is InChI=1S/C21H20N4O2/c1-25-18(9-10-24-25)17-12-16(14-23-21(17)19-8-5-11-26-19)27-20(13-22)15-6-3-2-4-7-15/h2-12,14,20H,13,22H2,1H3. The van der Waals surface area contributed by atoms with Gasteiger partial charge in [-0.25, -0.2) is 4.98 Å². The molecule has 0 bridgehead atoms. The number of ether oxygens (including phenoxy) is 1. The second-order valence-electron chi connectivity index (χ2n) is 6.14. The first-order chi connectivity index (χ1) is 13.3. The Kier molecular flexibility index (Phi) is 4.72. The molecule has 2 N–H and O–H groups in total. The summed E-state index contributed by atoms with van der Waals surface area (Å²) < 4.78 is 13.5. The number of benzene rings is 1. The topological polar surface area (TPSA) is 79.1 Å². The van der Waals surface area contributed by atoms with Crippen molar-refractivity contribution in [1.29, 1.82) is 0 Å². The fraction of sp³-hybridized carbons (Fsp3) is 0.143. The van der Waals surface area contributed by atoms with Gasteiger partial charge in [0.2, 0.25) is 0 Å². The molecular weight excluding hydrogens is 340 g/mol. The van der Waals surface area contributed by atoms with Crippen LogP contribution >= 0.6 is 0 Å². The Labute approximate surface area is 157 Å². The Bertz CT molecular complexity index is 1010. The first-order valence-corrected chi connectivity index (χ1v) is 8.70. The number of nitrogens with two attached hydrogens (primary N) is 1. The van der Waals surface area contributed by atoms with Crippen molar-refractivity contribution in [1.82, 2.24) is 14.8 Å². The molecule has 0 aliphatic rings. The molecule has 27 heavy (non-hydrogen) atoms. The number of aryl methyl sites for hydroxylation is 1. The van der Waals surface area contributed by atoms with Gasteiger partial charge in [-0.3, -0.25) is 4.68 Å². The van der Waals surface area contributed by atoms with Crippen LogP contribution in [0, 0.1) is 0 Å². The highest BCUT2D eigenvalue weighted by molar-refractivity contribution is 5.77. The van der Waals surface area contributed by atoms with E-state index in [0.29, 0.717) is 18.1 Å². The quantitative estimate of drug-likeness (QED) is 0.565. The summed E-state index contributed by atoms with van der Waals surface area (Å²) in [6.45, 7) is 0.366. The molecule has 0 spiro atoms. The van der Waals surface area contributed by atoms with Gasteiger partial charge in [0.25, 0.3) is 0 Å². The largest absolute Gasteiger partial charge is 0.483 e. The molecule has 0 radical (unpaired) electrons. The normalized spacial score (nSPS) is 12.1. The third-order valence-corrected chi connectivity index (χ3v) is 4.38. The van der Waals surface area contributed by atoms with Crippen LogP contribution in [0.3, 0.4) is 0 Å². The lowest BCUT2D eigenvalue weighted by atomic mass is 10.1. The van der Waals surface area contributed by atoms with Gasteiger partial charge in [-0.05, 0) is 29.8 Å². The third-order valence-electron chi connectivity index (χ3n) is 4.38. The van der Waals surface area contributed by atoms with E-state index in [1.807, 2.05) is 61.6 Å². The maximum absolute atomic E-state index is 6.15. The average molecular weight is 360 g/mol. The number of rotatable bonds is 6. The minimum absolute atomic E-state index is 0.248. The third kappa shape index (κ3) is 3.47. The monoisotopic (exact) mass is 360 g/mol. The molecule has 6 nitrogen and oxygen atoms in total. The molecule has 4 aromatic rings. The fourth-order valence-electron chi connectivity index (χ4n) is 3.04. The van der Waals surface area contributed by atoms with Gasteiger partial charge < -0.3 is 14.9 Å². The first kappa shape index (κ1) is 17.1. The van der Waals surface area contributed by atoms with Crippen LogP contribution in [0.5, 0.6) is 5.75 Å². The van der Waals surface area contributed by atoms with Crippen LogP contribution in [0.25, 0.3) is 22.7 Å². The minimum atomic E-state index is -0.248. The van der Waals surface area contributed by atoms with E-state index < -0.39 is 0 Å². The molecule has 1 aromatic carbocycles. The molecule has 136 valence electrons. The van der Waals surface area contributed by atoms with Crippen molar-refractivity contribution in [2.75, 3.05) is 6.54 Å². The second-order valence-corrected chi connectivity index (χ2v) is 6.14. The predicted octanol–water partition coefficient (Wildman–Crippen LogP) is 3.82. The molecule has 0 saturated carbocycles. The number of nitrogens with zero attached hydrogens (tertiary/aromatic N) is 3. The maximum atomic E-state index is 6.15. The number of hydrogen-bond donors (Lipinski definition) is 1. The summed E-state index contributed by atoms with van der Waals surface area (Å²) in [6, 6.07) is 17.5. The van der Waals surface area contributed by atoms with Gasteiger partial charge in [0.15, 0.2) is 5.76 Å². The van der Waals surface area contributed by atoms with Crippen LogP contribution in [0.2, 0.25) is 0 Å². The fourth-order valence-corrected chi connectivity index (χ4v) is 3.04. The zero-order valence-electron chi connectivity index (χ0n) is 14.9. The Balaban J connectivity index is 1.74. The van der Waals surface area contributed by atoms with Gasteiger partial charge >= 0.3 is 0 Å². The van der Waals surface area contributed by atoms with Gasteiger partial charge in [0.1, 0.15) is 17.5 Å². The van der Waals surface area contributed by atoms with E-state index in [1.165, 1.54) is 0 Å². The summed E-state index contributed by atoms with van der Waals surface area (Å²) in [6.07, 6.45) is 4.83. The lowest BCUT2D eigenvalue weighted by Crippen LogP contribution is -2.18. The molecule has 0 fully saturated rings. The summed E-state index contributed by atoms with van der Waals surface area (Å²) in [5.74, 6) is 1.33. The minimum Gasteiger partial charge on any atom is -0.483 e. The smallest absolute Gasteiger partial charge is 0.152 e. The van der Waals surface area contributed by atoms with E-state index in [-0.39, 0.29) is 6.10 Å². The molecule has 0 aliphatic carbocycles. The van der Waals surface area contributed by atoms with Crippen LogP contribution in [0.15, 0.2) is 77.7 Å². The molecular formula is C21H20N4O2. The predicted molar refractivity (Wildman–Crippen MR) is 103 cm³/mol. The van der Waals surface area contributed by atoms with Crippen molar-refractivity contribution in [2.45, 2.75) is 6.10 Å². The Hall–Kier alpha value is -3.38. The van der Waals surface area contributed by atoms with Gasteiger partial charge in [0, 0.05) is 25.4 Å². The van der Waals surface area contributed by atoms with E-state index in [9.17, 15) is 0 Å². The van der Waals surface area contributed by atoms with Crippen LogP contribution in [-0.4, -0.2) is 21.3 Å². The lowest BCUT2D eigenvalue weighted by molar-refractivity contribution is 0.213. The zero-order valence-corrected chi connectivity index (χ0v) is 14.9. The summed E-state index contributed by atoms with van der Waals surface area (Å²) in [4.78, 5) is 4.60. The van der Waals surface area contributed by atoms with Crippen LogP contribution in [-0.2, 0) is 7.05 Å². The molecule has 1 atom stereocenters. The van der Waals surface area contributed by atoms with E-state index >= 15 is 0 Å². The number of pyridine rings is 1. The molecule has 3 heterocycles. The van der Waals surface area contributed by atoms with Crippen LogP contribution < -0.4 is 10.5 Å². The van der Waals surface area contributed by atoms with E-state index in [4.69, 9.17) is 14.9 Å². The second kappa shape index (κ2) is 7.47. The molecule has 0 saturated heterocycles. The summed E-state index contributed by atoms with van der Waals surface area (Å²) in [5.41, 5.74) is 9.50. The number of hydrogen-bond acceptors (Lipinski definition) is 5. The van der Waals surface area contributed by atoms with Gasteiger partial charge in [0.05, 0.1) is 18.2 Å². The highest BCUT2D eigenvalue weighted by atomic mass is 16.5. The Morgan fingerprint density at radius 1 is 1.15 bits per heavy atom. The Morgan fingerprint density at radius 2 is 2.00 bits per heavy atom. The van der Waals surface area contributed by atoms with Crippen LogP contribution in [0.4, 0.5) is 0 Å². The van der Waals surface area contributed by atoms with Crippen molar-refractivity contribution in [3.8, 4) is 28.5 Å². The zero-order chi connectivity index (χ0) is 18.6. The van der Waals surface area contributed by atoms with Gasteiger partial charge in [-0.15, -0.1) is 0 Å². The van der Waals surface area contributed by atoms with Crippen molar-refractivity contribution < 1.29 is 9.15 Å². The Morgan fingerprint density at radius 3 is 2.67 bits per heavy atom. The highest BCUT2D eigenvalue weighted by Crippen LogP contribution is 2.34. The van der Waals surface area contributed by atoms with E-state index in [0.717, 1.165) is 22.5 Å². The maximum Gasteiger partial charge on any atom is 0.152 e. The highest BCUT2D eigenvalue weighted by Gasteiger charge is 2.18. The first-order valence-electron chi connectivity index (χ1n) is 8.70. The summed E-state index contributed by atoms with van der Waals surface area (Å²) in [5, 5.41) is 4.27. The van der Waals surface area contributed by atoms with E-state index in [1.54, 1.807) is 23.3 Å². The lowest BCUT2D eigenvalue weighted by Gasteiger charge is -2.19. The number of aromatic nitrogens is 3. The van der Waals surface area contributed by atoms with Gasteiger partial charge in [-0.2, -0.15) is 5.10 Å². The van der Waals surface area contributed by atoms with Crippen molar-refractivity contribution >= 4 is 0 Å². The number of furan rings is 1. The SMILES string of the molecule is Cn1nccc1-c1cc(OC(CN)c2ccccc2)cnc1-c1ccco1. The molecule has 3 aromatic heterocycles. The summed E-state index contributed by atoms with van der Waals surface area (Å²) >= 11 is 0. The van der Waals surface area contributed by atoms with Crippen molar-refractivity contribution in [3.63, 3.8) is 0 Å².